The van der Waals surface area contributed by atoms with Gasteiger partial charge in [-0.2, -0.15) is 5.10 Å². The lowest BCUT2D eigenvalue weighted by Gasteiger charge is -2.15. The molecular formula is C12H14BrN3O. The van der Waals surface area contributed by atoms with Crippen LogP contribution in [0.3, 0.4) is 0 Å². The van der Waals surface area contributed by atoms with E-state index in [2.05, 4.69) is 21.0 Å². The van der Waals surface area contributed by atoms with Gasteiger partial charge in [0.15, 0.2) is 0 Å². The van der Waals surface area contributed by atoms with Gasteiger partial charge < -0.3 is 10.5 Å². The Kier molecular flexibility index (Phi) is 3.49. The summed E-state index contributed by atoms with van der Waals surface area (Å²) in [6, 6.07) is 7.44. The number of rotatable bonds is 3. The van der Waals surface area contributed by atoms with E-state index in [1.165, 1.54) is 0 Å². The molecule has 0 saturated heterocycles. The highest BCUT2D eigenvalue weighted by molar-refractivity contribution is 9.10. The highest BCUT2D eigenvalue weighted by Crippen LogP contribution is 2.29. The van der Waals surface area contributed by atoms with Gasteiger partial charge in [-0.25, -0.2) is 0 Å². The second kappa shape index (κ2) is 4.89. The molecule has 0 aliphatic carbocycles. The van der Waals surface area contributed by atoms with Crippen molar-refractivity contribution in [2.75, 3.05) is 7.11 Å². The fourth-order valence-corrected chi connectivity index (χ4v) is 2.23. The maximum Gasteiger partial charge on any atom is 0.119 e. The number of nitrogens with zero attached hydrogens (tertiary/aromatic N) is 2. The van der Waals surface area contributed by atoms with E-state index in [1.54, 1.807) is 18.0 Å². The van der Waals surface area contributed by atoms with E-state index < -0.39 is 0 Å². The Morgan fingerprint density at radius 3 is 2.76 bits per heavy atom. The molecule has 0 aliphatic heterocycles. The Morgan fingerprint density at radius 2 is 2.18 bits per heavy atom. The van der Waals surface area contributed by atoms with Gasteiger partial charge in [-0.05, 0) is 29.8 Å². The van der Waals surface area contributed by atoms with Crippen LogP contribution in [0, 0.1) is 0 Å². The molecule has 1 aromatic heterocycles. The highest BCUT2D eigenvalue weighted by Gasteiger charge is 2.16. The van der Waals surface area contributed by atoms with E-state index in [1.807, 2.05) is 31.3 Å². The maximum absolute atomic E-state index is 6.24. The van der Waals surface area contributed by atoms with Crippen LogP contribution in [-0.4, -0.2) is 16.9 Å². The Morgan fingerprint density at radius 1 is 1.41 bits per heavy atom. The summed E-state index contributed by atoms with van der Waals surface area (Å²) in [5.41, 5.74) is 8.18. The van der Waals surface area contributed by atoms with Crippen LogP contribution >= 0.6 is 15.9 Å². The number of nitrogens with two attached hydrogens (primary N) is 1. The first-order valence-electron chi connectivity index (χ1n) is 5.20. The van der Waals surface area contributed by atoms with Crippen LogP contribution in [0.5, 0.6) is 5.75 Å². The lowest BCUT2D eigenvalue weighted by molar-refractivity contribution is 0.414. The van der Waals surface area contributed by atoms with Crippen molar-refractivity contribution in [1.29, 1.82) is 0 Å². The van der Waals surface area contributed by atoms with Crippen molar-refractivity contribution in [3.63, 3.8) is 0 Å². The molecule has 1 heterocycles. The summed E-state index contributed by atoms with van der Waals surface area (Å²) in [5, 5.41) is 4.13. The minimum absolute atomic E-state index is 0.230. The first-order valence-corrected chi connectivity index (χ1v) is 5.99. The minimum atomic E-state index is -0.230. The standard InChI is InChI=1S/C12H14BrN3O/c1-16-11(5-6-15-16)12(14)9-7-8(17-2)3-4-10(9)13/h3-7,12H,14H2,1-2H3. The monoisotopic (exact) mass is 295 g/mol. The van der Waals surface area contributed by atoms with Crippen LogP contribution in [0.4, 0.5) is 0 Å². The van der Waals surface area contributed by atoms with Crippen LogP contribution in [0.25, 0.3) is 0 Å². The molecule has 0 amide bonds. The molecule has 2 aromatic rings. The zero-order valence-electron chi connectivity index (χ0n) is 9.72. The number of hydrogen-bond donors (Lipinski definition) is 1. The van der Waals surface area contributed by atoms with Gasteiger partial charge in [0.1, 0.15) is 5.75 Å². The molecule has 4 nitrogen and oxygen atoms in total. The molecule has 0 aliphatic rings. The molecule has 0 radical (unpaired) electrons. The lowest BCUT2D eigenvalue weighted by Crippen LogP contribution is -2.16. The largest absolute Gasteiger partial charge is 0.497 e. The number of halogens is 1. The first kappa shape index (κ1) is 12.1. The smallest absolute Gasteiger partial charge is 0.119 e. The van der Waals surface area contributed by atoms with Crippen molar-refractivity contribution in [2.24, 2.45) is 12.8 Å². The van der Waals surface area contributed by atoms with Crippen LogP contribution in [0.2, 0.25) is 0 Å². The van der Waals surface area contributed by atoms with Crippen molar-refractivity contribution in [2.45, 2.75) is 6.04 Å². The van der Waals surface area contributed by atoms with Crippen molar-refractivity contribution >= 4 is 15.9 Å². The summed E-state index contributed by atoms with van der Waals surface area (Å²) in [4.78, 5) is 0. The predicted molar refractivity (Wildman–Crippen MR) is 69.9 cm³/mol. The SMILES string of the molecule is COc1ccc(Br)c(C(N)c2ccnn2C)c1. The Labute approximate surface area is 109 Å². The van der Waals surface area contributed by atoms with Gasteiger partial charge in [-0.1, -0.05) is 15.9 Å². The van der Waals surface area contributed by atoms with Gasteiger partial charge >= 0.3 is 0 Å². The molecule has 2 rings (SSSR count). The summed E-state index contributed by atoms with van der Waals surface area (Å²) >= 11 is 3.51. The second-order valence-electron chi connectivity index (χ2n) is 3.74. The van der Waals surface area contributed by atoms with E-state index in [0.717, 1.165) is 21.5 Å². The number of methoxy groups -OCH3 is 1. The fraction of sp³-hybridized carbons (Fsp3) is 0.250. The summed E-state index contributed by atoms with van der Waals surface area (Å²) in [6.45, 7) is 0. The lowest BCUT2D eigenvalue weighted by atomic mass is 10.0. The normalized spacial score (nSPS) is 12.5. The number of ether oxygens (including phenoxy) is 1. The number of aromatic nitrogens is 2. The third kappa shape index (κ3) is 2.35. The van der Waals surface area contributed by atoms with E-state index in [-0.39, 0.29) is 6.04 Å². The van der Waals surface area contributed by atoms with Gasteiger partial charge in [0, 0.05) is 17.7 Å². The molecule has 17 heavy (non-hydrogen) atoms. The summed E-state index contributed by atoms with van der Waals surface area (Å²) in [5.74, 6) is 0.792. The van der Waals surface area contributed by atoms with Crippen molar-refractivity contribution in [3.8, 4) is 5.75 Å². The molecule has 5 heteroatoms. The van der Waals surface area contributed by atoms with Gasteiger partial charge in [-0.15, -0.1) is 0 Å². The molecule has 1 unspecified atom stereocenters. The molecule has 0 fully saturated rings. The highest BCUT2D eigenvalue weighted by atomic mass is 79.9. The Balaban J connectivity index is 2.43. The van der Waals surface area contributed by atoms with E-state index in [9.17, 15) is 0 Å². The minimum Gasteiger partial charge on any atom is -0.497 e. The average Bonchev–Trinajstić information content (AvgIpc) is 2.75. The zero-order valence-corrected chi connectivity index (χ0v) is 11.3. The molecule has 1 atom stereocenters. The topological polar surface area (TPSA) is 53.1 Å². The number of benzene rings is 1. The molecule has 0 spiro atoms. The second-order valence-corrected chi connectivity index (χ2v) is 4.60. The summed E-state index contributed by atoms with van der Waals surface area (Å²) < 4.78 is 7.95. The average molecular weight is 296 g/mol. The summed E-state index contributed by atoms with van der Waals surface area (Å²) in [7, 11) is 3.52. The summed E-state index contributed by atoms with van der Waals surface area (Å²) in [6.07, 6.45) is 1.74. The molecule has 1 aromatic carbocycles. The van der Waals surface area contributed by atoms with Crippen molar-refractivity contribution in [3.05, 3.63) is 46.2 Å². The van der Waals surface area contributed by atoms with Crippen LogP contribution in [-0.2, 0) is 7.05 Å². The van der Waals surface area contributed by atoms with Crippen LogP contribution in [0.1, 0.15) is 17.3 Å². The number of hydrogen-bond acceptors (Lipinski definition) is 3. The van der Waals surface area contributed by atoms with Gasteiger partial charge in [0.2, 0.25) is 0 Å². The quantitative estimate of drug-likeness (QED) is 0.945. The predicted octanol–water partition coefficient (Wildman–Crippen LogP) is 2.24. The fourth-order valence-electron chi connectivity index (χ4n) is 1.74. The van der Waals surface area contributed by atoms with E-state index in [0.29, 0.717) is 0 Å². The van der Waals surface area contributed by atoms with Crippen molar-refractivity contribution in [1.82, 2.24) is 9.78 Å². The van der Waals surface area contributed by atoms with Crippen LogP contribution in [0.15, 0.2) is 34.9 Å². The Hall–Kier alpha value is -1.33. The van der Waals surface area contributed by atoms with Crippen molar-refractivity contribution < 1.29 is 4.74 Å². The van der Waals surface area contributed by atoms with Gasteiger partial charge in [0.05, 0.1) is 18.8 Å². The maximum atomic E-state index is 6.24. The van der Waals surface area contributed by atoms with E-state index in [4.69, 9.17) is 10.5 Å². The zero-order chi connectivity index (χ0) is 12.4. The number of aryl methyl sites for hydroxylation is 1. The van der Waals surface area contributed by atoms with Gasteiger partial charge in [-0.3, -0.25) is 4.68 Å². The molecule has 2 N–H and O–H groups in total. The van der Waals surface area contributed by atoms with Gasteiger partial charge in [0.25, 0.3) is 0 Å². The third-order valence-corrected chi connectivity index (χ3v) is 3.44. The Bertz CT molecular complexity index is 524. The third-order valence-electron chi connectivity index (χ3n) is 2.72. The molecule has 0 bridgehead atoms. The van der Waals surface area contributed by atoms with E-state index >= 15 is 0 Å². The van der Waals surface area contributed by atoms with Crippen LogP contribution < -0.4 is 10.5 Å². The molecule has 0 saturated carbocycles. The molecule has 90 valence electrons. The molecular weight excluding hydrogens is 282 g/mol. The first-order chi connectivity index (χ1) is 8.13.